The quantitative estimate of drug-likeness (QED) is 0.820. The van der Waals surface area contributed by atoms with Crippen LogP contribution in [0.4, 0.5) is 4.39 Å². The van der Waals surface area contributed by atoms with E-state index in [1.807, 2.05) is 39.0 Å². The van der Waals surface area contributed by atoms with E-state index in [-0.39, 0.29) is 17.5 Å². The fourth-order valence-corrected chi connectivity index (χ4v) is 3.03. The summed E-state index contributed by atoms with van der Waals surface area (Å²) < 4.78 is 14.4. The van der Waals surface area contributed by atoms with Crippen LogP contribution in [-0.2, 0) is 11.2 Å². The molecule has 1 aliphatic rings. The number of rotatable bonds is 2. The molecule has 0 aromatic heterocycles. The summed E-state index contributed by atoms with van der Waals surface area (Å²) in [6, 6.07) is 12.1. The topological polar surface area (TPSA) is 29.4 Å². The number of ketones is 1. The molecule has 2 aromatic rings. The summed E-state index contributed by atoms with van der Waals surface area (Å²) in [6.45, 7) is 5.95. The molecule has 3 rings (SSSR count). The van der Waals surface area contributed by atoms with Crippen LogP contribution in [0.2, 0.25) is 0 Å². The Balaban J connectivity index is 2.27. The van der Waals surface area contributed by atoms with Gasteiger partial charge < -0.3 is 0 Å². The van der Waals surface area contributed by atoms with Gasteiger partial charge in [0, 0.05) is 17.5 Å². The summed E-state index contributed by atoms with van der Waals surface area (Å²) in [4.78, 5) is 17.3. The van der Waals surface area contributed by atoms with E-state index in [1.54, 1.807) is 18.2 Å². The van der Waals surface area contributed by atoms with Crippen LogP contribution in [0, 0.1) is 18.7 Å². The van der Waals surface area contributed by atoms with Crippen LogP contribution >= 0.6 is 0 Å². The molecular weight excluding hydrogens is 289 g/mol. The molecule has 0 radical (unpaired) electrons. The van der Waals surface area contributed by atoms with E-state index < -0.39 is 6.04 Å². The van der Waals surface area contributed by atoms with E-state index in [2.05, 4.69) is 0 Å². The van der Waals surface area contributed by atoms with Crippen molar-refractivity contribution in [3.63, 3.8) is 0 Å². The first-order valence-corrected chi connectivity index (χ1v) is 7.92. The first-order chi connectivity index (χ1) is 11.0. The number of carbonyl (C=O) groups is 1. The minimum absolute atomic E-state index is 0.0830. The molecular formula is C20H20FNO. The maximum Gasteiger partial charge on any atom is 0.161 e. The van der Waals surface area contributed by atoms with Crippen molar-refractivity contribution >= 4 is 11.5 Å². The summed E-state index contributed by atoms with van der Waals surface area (Å²) in [5.74, 6) is -0.133. The van der Waals surface area contributed by atoms with Gasteiger partial charge >= 0.3 is 0 Å². The SMILES string of the molecule is Cc1ccc2c(c1)C(c1ccccc1F)=N[C@@H](C(C)C)C(=O)C2. The molecule has 1 atom stereocenters. The highest BCUT2D eigenvalue weighted by atomic mass is 19.1. The van der Waals surface area contributed by atoms with Crippen molar-refractivity contribution in [2.45, 2.75) is 33.2 Å². The number of carbonyl (C=O) groups excluding carboxylic acids is 1. The van der Waals surface area contributed by atoms with Gasteiger partial charge in [-0.2, -0.15) is 0 Å². The maximum absolute atomic E-state index is 14.4. The fourth-order valence-electron chi connectivity index (χ4n) is 3.03. The summed E-state index contributed by atoms with van der Waals surface area (Å²) in [5.41, 5.74) is 3.91. The molecule has 0 bridgehead atoms. The second-order valence-electron chi connectivity index (χ2n) is 6.45. The number of fused-ring (bicyclic) bond motifs is 1. The van der Waals surface area contributed by atoms with Gasteiger partial charge in [-0.25, -0.2) is 4.39 Å². The van der Waals surface area contributed by atoms with Crippen LogP contribution in [0.15, 0.2) is 47.5 Å². The number of nitrogens with zero attached hydrogens (tertiary/aromatic N) is 1. The Labute approximate surface area is 136 Å². The molecule has 2 aromatic carbocycles. The van der Waals surface area contributed by atoms with Crippen LogP contribution in [0.5, 0.6) is 0 Å². The van der Waals surface area contributed by atoms with Gasteiger partial charge in [0.2, 0.25) is 0 Å². The molecule has 2 nitrogen and oxygen atoms in total. The summed E-state index contributed by atoms with van der Waals surface area (Å²) in [5, 5.41) is 0. The highest BCUT2D eigenvalue weighted by Crippen LogP contribution is 2.26. The smallest absolute Gasteiger partial charge is 0.161 e. The number of aryl methyl sites for hydroxylation is 1. The highest BCUT2D eigenvalue weighted by Gasteiger charge is 2.28. The average molecular weight is 309 g/mol. The zero-order valence-electron chi connectivity index (χ0n) is 13.6. The average Bonchev–Trinajstić information content (AvgIpc) is 2.64. The van der Waals surface area contributed by atoms with Crippen molar-refractivity contribution in [3.05, 3.63) is 70.5 Å². The second-order valence-corrected chi connectivity index (χ2v) is 6.45. The van der Waals surface area contributed by atoms with Gasteiger partial charge in [-0.3, -0.25) is 9.79 Å². The van der Waals surface area contributed by atoms with E-state index >= 15 is 0 Å². The summed E-state index contributed by atoms with van der Waals surface area (Å²) in [6.07, 6.45) is 0.347. The summed E-state index contributed by atoms with van der Waals surface area (Å²) >= 11 is 0. The second kappa shape index (κ2) is 6.07. The highest BCUT2D eigenvalue weighted by molar-refractivity contribution is 6.16. The Morgan fingerprint density at radius 3 is 2.57 bits per heavy atom. The number of hydrogen-bond acceptors (Lipinski definition) is 2. The van der Waals surface area contributed by atoms with Gasteiger partial charge in [-0.1, -0.05) is 43.7 Å². The molecule has 1 heterocycles. The van der Waals surface area contributed by atoms with Gasteiger partial charge in [-0.15, -0.1) is 0 Å². The minimum atomic E-state index is -0.433. The largest absolute Gasteiger partial charge is 0.297 e. The van der Waals surface area contributed by atoms with Crippen LogP contribution < -0.4 is 0 Å². The van der Waals surface area contributed by atoms with Crippen LogP contribution in [-0.4, -0.2) is 17.5 Å². The predicted molar refractivity (Wildman–Crippen MR) is 90.6 cm³/mol. The van der Waals surface area contributed by atoms with E-state index in [0.29, 0.717) is 17.7 Å². The molecule has 0 aliphatic carbocycles. The lowest BCUT2D eigenvalue weighted by Crippen LogP contribution is -2.25. The van der Waals surface area contributed by atoms with Gasteiger partial charge in [-0.05, 0) is 36.6 Å². The standard InChI is InChI=1S/C20H20FNO/c1-12(2)19-18(23)11-14-9-8-13(3)10-16(14)20(22-19)15-6-4-5-7-17(15)21/h4-10,12,19H,11H2,1-3H3/t19-/m0/s1. The van der Waals surface area contributed by atoms with Crippen molar-refractivity contribution in [1.82, 2.24) is 0 Å². The zero-order chi connectivity index (χ0) is 16.6. The van der Waals surface area contributed by atoms with Gasteiger partial charge in [0.25, 0.3) is 0 Å². The first-order valence-electron chi connectivity index (χ1n) is 7.92. The number of benzene rings is 2. The molecule has 3 heteroatoms. The van der Waals surface area contributed by atoms with Crippen LogP contribution in [0.1, 0.15) is 36.1 Å². The van der Waals surface area contributed by atoms with Crippen molar-refractivity contribution in [2.75, 3.05) is 0 Å². The lowest BCUT2D eigenvalue weighted by atomic mass is 9.93. The van der Waals surface area contributed by atoms with Gasteiger partial charge in [0.1, 0.15) is 11.9 Å². The lowest BCUT2D eigenvalue weighted by molar-refractivity contribution is -0.120. The lowest BCUT2D eigenvalue weighted by Gasteiger charge is -2.15. The monoisotopic (exact) mass is 309 g/mol. The first kappa shape index (κ1) is 15.6. The van der Waals surface area contributed by atoms with Crippen molar-refractivity contribution in [3.8, 4) is 0 Å². The Morgan fingerprint density at radius 2 is 1.87 bits per heavy atom. The Morgan fingerprint density at radius 1 is 1.13 bits per heavy atom. The molecule has 0 amide bonds. The molecule has 1 aliphatic heterocycles. The third-order valence-corrected chi connectivity index (χ3v) is 4.24. The third-order valence-electron chi connectivity index (χ3n) is 4.24. The van der Waals surface area contributed by atoms with Crippen molar-refractivity contribution < 1.29 is 9.18 Å². The maximum atomic E-state index is 14.4. The summed E-state index contributed by atoms with van der Waals surface area (Å²) in [7, 11) is 0. The molecule has 23 heavy (non-hydrogen) atoms. The van der Waals surface area contributed by atoms with Crippen molar-refractivity contribution in [2.24, 2.45) is 10.9 Å². The predicted octanol–water partition coefficient (Wildman–Crippen LogP) is 4.12. The van der Waals surface area contributed by atoms with Crippen LogP contribution in [0.3, 0.4) is 0 Å². The number of hydrogen-bond donors (Lipinski definition) is 0. The molecule has 0 fully saturated rings. The zero-order valence-corrected chi connectivity index (χ0v) is 13.6. The van der Waals surface area contributed by atoms with E-state index in [1.165, 1.54) is 6.07 Å². The Hall–Kier alpha value is -2.29. The molecule has 0 saturated heterocycles. The molecule has 0 spiro atoms. The number of halogens is 1. The minimum Gasteiger partial charge on any atom is -0.297 e. The number of aliphatic imine (C=N–C) groups is 1. The van der Waals surface area contributed by atoms with E-state index in [0.717, 1.165) is 16.7 Å². The van der Waals surface area contributed by atoms with E-state index in [4.69, 9.17) is 4.99 Å². The third kappa shape index (κ3) is 2.96. The van der Waals surface area contributed by atoms with Crippen LogP contribution in [0.25, 0.3) is 0 Å². The normalized spacial score (nSPS) is 17.7. The molecule has 118 valence electrons. The number of Topliss-reactive ketones (excluding diaryl/α,β-unsaturated/α-hetero) is 1. The van der Waals surface area contributed by atoms with E-state index in [9.17, 15) is 9.18 Å². The molecule has 0 saturated carbocycles. The molecule has 0 N–H and O–H groups in total. The fraction of sp³-hybridized carbons (Fsp3) is 0.300. The van der Waals surface area contributed by atoms with Gasteiger partial charge in [0.15, 0.2) is 5.78 Å². The molecule has 0 unspecified atom stereocenters. The Bertz CT molecular complexity index is 792. The van der Waals surface area contributed by atoms with Crippen molar-refractivity contribution in [1.29, 1.82) is 0 Å². The van der Waals surface area contributed by atoms with Gasteiger partial charge in [0.05, 0.1) is 5.71 Å². The Kier molecular flexibility index (Phi) is 4.12.